The minimum absolute atomic E-state index is 0.0222. The zero-order valence-electron chi connectivity index (χ0n) is 18.3. The van der Waals surface area contributed by atoms with Gasteiger partial charge in [-0.3, -0.25) is 9.59 Å². The van der Waals surface area contributed by atoms with Gasteiger partial charge in [0, 0.05) is 14.1 Å². The number of benzene rings is 1. The molecule has 1 heterocycles. The number of nitrogens with one attached hydrogen (secondary N) is 2. The second-order valence-corrected chi connectivity index (χ2v) is 9.72. The lowest BCUT2D eigenvalue weighted by atomic mass is 10.0. The third-order valence-electron chi connectivity index (χ3n) is 5.81. The summed E-state index contributed by atoms with van der Waals surface area (Å²) in [5, 5.41) is 2.50. The molecule has 2 rings (SSSR count). The second kappa shape index (κ2) is 9.23. The van der Waals surface area contributed by atoms with Gasteiger partial charge in [0.1, 0.15) is 0 Å². The monoisotopic (exact) mass is 425 g/mol. The Morgan fingerprint density at radius 3 is 2.10 bits per heavy atom. The quantitative estimate of drug-likeness (QED) is 0.613. The van der Waals surface area contributed by atoms with E-state index in [-0.39, 0.29) is 24.9 Å². The largest absolute Gasteiger partial charge is 0.358 e. The number of quaternary nitrogens is 1. The molecule has 1 saturated heterocycles. The summed E-state index contributed by atoms with van der Waals surface area (Å²) in [5.74, 6) is -0.341. The molecular formula is C20H33N4O4S+. The summed E-state index contributed by atoms with van der Waals surface area (Å²) in [7, 11) is -0.451. The summed E-state index contributed by atoms with van der Waals surface area (Å²) >= 11 is 0. The van der Waals surface area contributed by atoms with Crippen LogP contribution in [0, 0.1) is 27.7 Å². The zero-order chi connectivity index (χ0) is 21.9. The number of nitrogens with zero attached hydrogens (tertiary/aromatic N) is 2. The van der Waals surface area contributed by atoms with E-state index >= 15 is 0 Å². The molecular weight excluding hydrogens is 392 g/mol. The van der Waals surface area contributed by atoms with E-state index in [2.05, 4.69) is 5.32 Å². The Balaban J connectivity index is 2.06. The van der Waals surface area contributed by atoms with Crippen molar-refractivity contribution in [3.63, 3.8) is 0 Å². The maximum absolute atomic E-state index is 13.3. The molecule has 1 aromatic rings. The van der Waals surface area contributed by atoms with Crippen molar-refractivity contribution in [3.8, 4) is 0 Å². The number of hydrogen-bond donors (Lipinski definition) is 2. The smallest absolute Gasteiger partial charge is 0.277 e. The molecule has 162 valence electrons. The van der Waals surface area contributed by atoms with Crippen molar-refractivity contribution in [3.05, 3.63) is 28.3 Å². The maximum atomic E-state index is 13.3. The number of aryl methyl sites for hydroxylation is 2. The van der Waals surface area contributed by atoms with Crippen LogP contribution < -0.4 is 10.2 Å². The molecule has 0 atom stereocenters. The molecule has 8 nitrogen and oxygen atoms in total. The number of carbonyl (C=O) groups is 2. The van der Waals surface area contributed by atoms with E-state index in [0.717, 1.165) is 27.2 Å². The first-order valence-corrected chi connectivity index (χ1v) is 11.3. The maximum Gasteiger partial charge on any atom is 0.277 e. The molecule has 0 radical (unpaired) electrons. The van der Waals surface area contributed by atoms with Crippen molar-refractivity contribution in [2.75, 3.05) is 53.4 Å². The summed E-state index contributed by atoms with van der Waals surface area (Å²) in [6.07, 6.45) is 0. The number of rotatable bonds is 6. The van der Waals surface area contributed by atoms with Crippen LogP contribution in [0.1, 0.15) is 22.3 Å². The molecule has 1 aliphatic heterocycles. The third kappa shape index (κ3) is 5.15. The molecule has 0 bridgehead atoms. The minimum Gasteiger partial charge on any atom is -0.358 e. The number of hydrogen-bond acceptors (Lipinski definition) is 4. The van der Waals surface area contributed by atoms with Gasteiger partial charge >= 0.3 is 0 Å². The first-order chi connectivity index (χ1) is 13.5. The SMILES string of the molecule is CNC(=O)CN(C)C(=O)C[NH+]1CCN(S(=O)(=O)c2c(C)c(C)cc(C)c2C)CC1. The van der Waals surface area contributed by atoms with Gasteiger partial charge in [-0.15, -0.1) is 0 Å². The Bertz CT molecular complexity index is 864. The van der Waals surface area contributed by atoms with Crippen molar-refractivity contribution in [2.24, 2.45) is 0 Å². The van der Waals surface area contributed by atoms with E-state index < -0.39 is 10.0 Å². The summed E-state index contributed by atoms with van der Waals surface area (Å²) < 4.78 is 28.2. The first-order valence-electron chi connectivity index (χ1n) is 9.84. The molecule has 9 heteroatoms. The predicted octanol–water partition coefficient (Wildman–Crippen LogP) is -0.986. The van der Waals surface area contributed by atoms with Crippen LogP contribution >= 0.6 is 0 Å². The molecule has 29 heavy (non-hydrogen) atoms. The zero-order valence-corrected chi connectivity index (χ0v) is 19.1. The van der Waals surface area contributed by atoms with E-state index in [1.54, 1.807) is 7.05 Å². The highest BCUT2D eigenvalue weighted by Gasteiger charge is 2.34. The lowest BCUT2D eigenvalue weighted by Crippen LogP contribution is -3.15. The fraction of sp³-hybridized carbons (Fsp3) is 0.600. The molecule has 1 aromatic carbocycles. The first kappa shape index (κ1) is 23.3. The van der Waals surface area contributed by atoms with Gasteiger partial charge in [0.05, 0.1) is 37.6 Å². The van der Waals surface area contributed by atoms with Crippen molar-refractivity contribution in [1.29, 1.82) is 0 Å². The highest BCUT2D eigenvalue weighted by Crippen LogP contribution is 2.28. The van der Waals surface area contributed by atoms with Crippen molar-refractivity contribution < 1.29 is 22.9 Å². The third-order valence-corrected chi connectivity index (χ3v) is 7.98. The fourth-order valence-corrected chi connectivity index (χ4v) is 5.67. The molecule has 1 aliphatic rings. The van der Waals surface area contributed by atoms with Gasteiger partial charge in [0.25, 0.3) is 5.91 Å². The second-order valence-electron chi connectivity index (χ2n) is 7.84. The molecule has 0 saturated carbocycles. The minimum atomic E-state index is -3.58. The number of likely N-dealkylation sites (N-methyl/N-ethyl adjacent to an activating group) is 2. The van der Waals surface area contributed by atoms with Crippen LogP contribution in [-0.2, 0) is 19.6 Å². The Morgan fingerprint density at radius 1 is 1.10 bits per heavy atom. The topological polar surface area (TPSA) is 91.2 Å². The van der Waals surface area contributed by atoms with Crippen LogP contribution in [0.4, 0.5) is 0 Å². The Labute approximate surface area is 173 Å². The molecule has 0 unspecified atom stereocenters. The number of carbonyl (C=O) groups excluding carboxylic acids is 2. The van der Waals surface area contributed by atoms with Crippen LogP contribution in [-0.4, -0.2) is 82.8 Å². The number of amides is 2. The average molecular weight is 426 g/mol. The van der Waals surface area contributed by atoms with Gasteiger partial charge in [-0.25, -0.2) is 8.42 Å². The number of piperazine rings is 1. The Hall–Kier alpha value is -1.97. The van der Waals surface area contributed by atoms with Crippen LogP contribution in [0.25, 0.3) is 0 Å². The van der Waals surface area contributed by atoms with Gasteiger partial charge in [-0.2, -0.15) is 4.31 Å². The van der Waals surface area contributed by atoms with E-state index in [4.69, 9.17) is 0 Å². The van der Waals surface area contributed by atoms with Crippen molar-refractivity contribution in [2.45, 2.75) is 32.6 Å². The summed E-state index contributed by atoms with van der Waals surface area (Å²) in [5.41, 5.74) is 3.55. The Morgan fingerprint density at radius 2 is 1.62 bits per heavy atom. The molecule has 0 aromatic heterocycles. The molecule has 0 spiro atoms. The van der Waals surface area contributed by atoms with E-state index in [1.165, 1.54) is 16.3 Å². The van der Waals surface area contributed by atoms with Crippen LogP contribution in [0.3, 0.4) is 0 Å². The van der Waals surface area contributed by atoms with E-state index in [0.29, 0.717) is 31.1 Å². The van der Waals surface area contributed by atoms with Gasteiger partial charge in [-0.1, -0.05) is 6.07 Å². The van der Waals surface area contributed by atoms with E-state index in [1.807, 2.05) is 33.8 Å². The van der Waals surface area contributed by atoms with Gasteiger partial charge in [-0.05, 0) is 49.9 Å². The molecule has 2 N–H and O–H groups in total. The predicted molar refractivity (Wildman–Crippen MR) is 111 cm³/mol. The van der Waals surface area contributed by atoms with Crippen LogP contribution in [0.5, 0.6) is 0 Å². The van der Waals surface area contributed by atoms with Crippen molar-refractivity contribution in [1.82, 2.24) is 14.5 Å². The highest BCUT2D eigenvalue weighted by molar-refractivity contribution is 7.89. The average Bonchev–Trinajstić information content (AvgIpc) is 2.66. The fourth-order valence-electron chi connectivity index (χ4n) is 3.65. The van der Waals surface area contributed by atoms with Crippen LogP contribution in [0.2, 0.25) is 0 Å². The van der Waals surface area contributed by atoms with Crippen LogP contribution in [0.15, 0.2) is 11.0 Å². The standard InChI is InChI=1S/C20H32N4O4S/c1-14-11-15(2)17(4)20(16(14)3)29(27,28)24-9-7-23(8-10-24)13-19(26)22(6)12-18(25)21-5/h11H,7-10,12-13H2,1-6H3,(H,21,25)/p+1. The normalized spacial score (nSPS) is 15.9. The summed E-state index contributed by atoms with van der Waals surface area (Å²) in [4.78, 5) is 26.6. The lowest BCUT2D eigenvalue weighted by Gasteiger charge is -2.32. The lowest BCUT2D eigenvalue weighted by molar-refractivity contribution is -0.895. The van der Waals surface area contributed by atoms with Gasteiger partial charge in [0.2, 0.25) is 15.9 Å². The summed E-state index contributed by atoms with van der Waals surface area (Å²) in [6.45, 7) is 9.72. The Kier molecular flexibility index (Phi) is 7.42. The molecule has 1 fully saturated rings. The van der Waals surface area contributed by atoms with Crippen molar-refractivity contribution >= 4 is 21.8 Å². The molecule has 0 aliphatic carbocycles. The van der Waals surface area contributed by atoms with Gasteiger partial charge in [0.15, 0.2) is 6.54 Å². The number of sulfonamides is 1. The highest BCUT2D eigenvalue weighted by atomic mass is 32.2. The summed E-state index contributed by atoms with van der Waals surface area (Å²) in [6, 6.07) is 2.02. The van der Waals surface area contributed by atoms with E-state index in [9.17, 15) is 18.0 Å². The molecule has 2 amide bonds. The van der Waals surface area contributed by atoms with Gasteiger partial charge < -0.3 is 15.1 Å².